The van der Waals surface area contributed by atoms with Crippen molar-refractivity contribution in [3.63, 3.8) is 0 Å². The summed E-state index contributed by atoms with van der Waals surface area (Å²) in [6.45, 7) is 5.82. The van der Waals surface area contributed by atoms with Gasteiger partial charge in [-0.05, 0) is 23.6 Å². The molecule has 0 heterocycles. The van der Waals surface area contributed by atoms with E-state index < -0.39 is 0 Å². The molecule has 2 aromatic rings. The van der Waals surface area contributed by atoms with E-state index in [1.54, 1.807) is 0 Å². The number of hydrogen-bond acceptors (Lipinski definition) is 2. The van der Waals surface area contributed by atoms with Gasteiger partial charge in [0.05, 0.1) is 6.61 Å². The summed E-state index contributed by atoms with van der Waals surface area (Å²) in [5.74, 6) is -0.384. The molecule has 0 saturated heterocycles. The van der Waals surface area contributed by atoms with Gasteiger partial charge in [0.1, 0.15) is 0 Å². The van der Waals surface area contributed by atoms with Crippen molar-refractivity contribution in [3.8, 4) is 0 Å². The van der Waals surface area contributed by atoms with Gasteiger partial charge in [-0.2, -0.15) is 0 Å². The third kappa shape index (κ3) is 4.45. The van der Waals surface area contributed by atoms with Crippen LogP contribution in [0.1, 0.15) is 23.1 Å². The van der Waals surface area contributed by atoms with Crippen LogP contribution in [0.25, 0.3) is 5.57 Å². The zero-order chi connectivity index (χ0) is 15.8. The van der Waals surface area contributed by atoms with Crippen LogP contribution in [0.3, 0.4) is 0 Å². The fourth-order valence-corrected chi connectivity index (χ4v) is 2.17. The summed E-state index contributed by atoms with van der Waals surface area (Å²) in [5, 5.41) is 0. The minimum absolute atomic E-state index is 0.354. The van der Waals surface area contributed by atoms with Crippen molar-refractivity contribution >= 4 is 11.5 Å². The van der Waals surface area contributed by atoms with Crippen LogP contribution in [-0.4, -0.2) is 12.6 Å². The molecule has 22 heavy (non-hydrogen) atoms. The smallest absolute Gasteiger partial charge is 0.330 e. The normalized spacial score (nSPS) is 11.0. The van der Waals surface area contributed by atoms with Crippen molar-refractivity contribution < 1.29 is 9.53 Å². The Morgan fingerprint density at radius 2 is 1.68 bits per heavy atom. The lowest BCUT2D eigenvalue weighted by Gasteiger charge is -2.09. The molecule has 0 saturated carbocycles. The van der Waals surface area contributed by atoms with E-state index in [0.29, 0.717) is 13.0 Å². The highest BCUT2D eigenvalue weighted by Gasteiger charge is 2.04. The lowest BCUT2D eigenvalue weighted by molar-refractivity contribution is -0.137. The molecule has 2 aromatic carbocycles. The van der Waals surface area contributed by atoms with Crippen molar-refractivity contribution in [1.29, 1.82) is 0 Å². The summed E-state index contributed by atoms with van der Waals surface area (Å²) < 4.78 is 5.03. The molecule has 0 N–H and O–H groups in total. The fraction of sp³-hybridized carbons (Fsp3) is 0.150. The lowest BCUT2D eigenvalue weighted by Crippen LogP contribution is -2.01. The fourth-order valence-electron chi connectivity index (χ4n) is 2.17. The van der Waals surface area contributed by atoms with E-state index in [1.165, 1.54) is 11.6 Å². The van der Waals surface area contributed by atoms with Gasteiger partial charge in [-0.25, -0.2) is 4.79 Å². The van der Waals surface area contributed by atoms with E-state index in [2.05, 4.69) is 56.0 Å². The third-order valence-electron chi connectivity index (χ3n) is 3.32. The van der Waals surface area contributed by atoms with Gasteiger partial charge >= 0.3 is 5.97 Å². The third-order valence-corrected chi connectivity index (χ3v) is 3.32. The van der Waals surface area contributed by atoms with Crippen molar-refractivity contribution in [1.82, 2.24) is 0 Å². The Labute approximate surface area is 131 Å². The molecule has 0 aliphatic rings. The van der Waals surface area contributed by atoms with Crippen molar-refractivity contribution in [2.75, 3.05) is 6.61 Å². The Bertz CT molecular complexity index is 652. The summed E-state index contributed by atoms with van der Waals surface area (Å²) in [7, 11) is 0. The van der Waals surface area contributed by atoms with Crippen LogP contribution in [0, 0.1) is 6.92 Å². The number of benzene rings is 2. The van der Waals surface area contributed by atoms with E-state index in [9.17, 15) is 4.79 Å². The van der Waals surface area contributed by atoms with Crippen molar-refractivity contribution in [3.05, 3.63) is 90.0 Å². The molecule has 0 amide bonds. The monoisotopic (exact) mass is 292 g/mol. The number of carbonyl (C=O) groups excluding carboxylic acids is 1. The average Bonchev–Trinajstić information content (AvgIpc) is 2.56. The Balaban J connectivity index is 2.20. The molecule has 0 unspecified atom stereocenters. The van der Waals surface area contributed by atoms with Gasteiger partial charge in [0.25, 0.3) is 0 Å². The zero-order valence-corrected chi connectivity index (χ0v) is 12.8. The molecule has 0 aliphatic heterocycles. The van der Waals surface area contributed by atoms with Gasteiger partial charge in [0, 0.05) is 12.5 Å². The topological polar surface area (TPSA) is 26.3 Å². The second kappa shape index (κ2) is 7.99. The van der Waals surface area contributed by atoms with Gasteiger partial charge in [0.15, 0.2) is 0 Å². The highest BCUT2D eigenvalue weighted by molar-refractivity contribution is 5.81. The molecule has 112 valence electrons. The Morgan fingerprint density at radius 1 is 1.05 bits per heavy atom. The predicted molar refractivity (Wildman–Crippen MR) is 90.5 cm³/mol. The largest absolute Gasteiger partial charge is 0.462 e. The molecular weight excluding hydrogens is 272 g/mol. The van der Waals surface area contributed by atoms with E-state index in [-0.39, 0.29) is 5.97 Å². The summed E-state index contributed by atoms with van der Waals surface area (Å²) in [6, 6.07) is 18.6. The second-order valence-electron chi connectivity index (χ2n) is 5.01. The highest BCUT2D eigenvalue weighted by Crippen LogP contribution is 2.24. The Hall–Kier alpha value is -2.61. The van der Waals surface area contributed by atoms with Crippen LogP contribution in [0.5, 0.6) is 0 Å². The number of esters is 1. The zero-order valence-electron chi connectivity index (χ0n) is 12.8. The Kier molecular flexibility index (Phi) is 5.73. The quantitative estimate of drug-likeness (QED) is 0.443. The van der Waals surface area contributed by atoms with Crippen LogP contribution >= 0.6 is 0 Å². The van der Waals surface area contributed by atoms with Crippen molar-refractivity contribution in [2.45, 2.75) is 13.3 Å². The van der Waals surface area contributed by atoms with Gasteiger partial charge in [-0.3, -0.25) is 0 Å². The minimum atomic E-state index is -0.384. The minimum Gasteiger partial charge on any atom is -0.462 e. The van der Waals surface area contributed by atoms with Gasteiger partial charge in [0.2, 0.25) is 0 Å². The molecule has 0 spiro atoms. The number of aryl methyl sites for hydroxylation is 1. The number of hydrogen-bond donors (Lipinski definition) is 0. The number of carbonyl (C=O) groups is 1. The van der Waals surface area contributed by atoms with Crippen LogP contribution < -0.4 is 0 Å². The SMILES string of the molecule is C=CC(=O)OCC/C=C(/c1ccccc1)c1ccc(C)cc1. The first-order valence-electron chi connectivity index (χ1n) is 7.32. The molecule has 2 rings (SSSR count). The van der Waals surface area contributed by atoms with E-state index in [0.717, 1.165) is 16.7 Å². The van der Waals surface area contributed by atoms with Gasteiger partial charge in [-0.15, -0.1) is 0 Å². The van der Waals surface area contributed by atoms with Crippen molar-refractivity contribution in [2.24, 2.45) is 0 Å². The second-order valence-corrected chi connectivity index (χ2v) is 5.01. The standard InChI is InChI=1S/C20H20O2/c1-3-20(21)22-15-7-10-19(17-8-5-4-6-9-17)18-13-11-16(2)12-14-18/h3-6,8-14H,1,7,15H2,2H3/b19-10-. The Morgan fingerprint density at radius 3 is 2.32 bits per heavy atom. The molecule has 0 aliphatic carbocycles. The summed E-state index contributed by atoms with van der Waals surface area (Å²) >= 11 is 0. The summed E-state index contributed by atoms with van der Waals surface area (Å²) in [4.78, 5) is 11.1. The molecule has 0 aromatic heterocycles. The molecule has 0 fully saturated rings. The molecule has 2 heteroatoms. The van der Waals surface area contributed by atoms with E-state index in [4.69, 9.17) is 4.74 Å². The first-order valence-corrected chi connectivity index (χ1v) is 7.32. The molecule has 0 radical (unpaired) electrons. The van der Waals surface area contributed by atoms with E-state index in [1.807, 2.05) is 18.2 Å². The van der Waals surface area contributed by atoms with Crippen LogP contribution in [0.15, 0.2) is 73.3 Å². The molecular formula is C20H20O2. The molecule has 2 nitrogen and oxygen atoms in total. The highest BCUT2D eigenvalue weighted by atomic mass is 16.5. The first kappa shape index (κ1) is 15.8. The molecule has 0 atom stereocenters. The maximum Gasteiger partial charge on any atom is 0.330 e. The maximum absolute atomic E-state index is 11.1. The summed E-state index contributed by atoms with van der Waals surface area (Å²) in [5.41, 5.74) is 4.69. The number of rotatable bonds is 6. The van der Waals surface area contributed by atoms with Gasteiger partial charge < -0.3 is 4.74 Å². The van der Waals surface area contributed by atoms with E-state index >= 15 is 0 Å². The predicted octanol–water partition coefficient (Wildman–Crippen LogP) is 4.55. The lowest BCUT2D eigenvalue weighted by atomic mass is 9.96. The van der Waals surface area contributed by atoms with Crippen LogP contribution in [-0.2, 0) is 9.53 Å². The maximum atomic E-state index is 11.1. The summed E-state index contributed by atoms with van der Waals surface area (Å²) in [6.07, 6.45) is 3.95. The average molecular weight is 292 g/mol. The van der Waals surface area contributed by atoms with Crippen LogP contribution in [0.4, 0.5) is 0 Å². The van der Waals surface area contributed by atoms with Gasteiger partial charge in [-0.1, -0.05) is 72.8 Å². The molecule has 0 bridgehead atoms. The number of ether oxygens (including phenoxy) is 1. The van der Waals surface area contributed by atoms with Crippen LogP contribution in [0.2, 0.25) is 0 Å². The first-order chi connectivity index (χ1) is 10.7.